The Morgan fingerprint density at radius 3 is 3.06 bits per heavy atom. The summed E-state index contributed by atoms with van der Waals surface area (Å²) in [4.78, 5) is 0. The van der Waals surface area contributed by atoms with E-state index in [0.717, 1.165) is 25.1 Å². The fourth-order valence-electron chi connectivity index (χ4n) is 2.00. The maximum atomic E-state index is 13.1. The molecule has 1 fully saturated rings. The molecule has 0 bridgehead atoms. The van der Waals surface area contributed by atoms with E-state index in [1.54, 1.807) is 12.1 Å². The van der Waals surface area contributed by atoms with Crippen molar-refractivity contribution in [3.05, 3.63) is 35.6 Å². The number of hydrogen-bond donors (Lipinski definition) is 1. The van der Waals surface area contributed by atoms with E-state index in [1.165, 1.54) is 6.07 Å². The lowest BCUT2D eigenvalue weighted by atomic mass is 9.98. The normalized spacial score (nSPS) is 30.3. The van der Waals surface area contributed by atoms with E-state index in [1.807, 2.05) is 6.07 Å². The molecule has 0 spiro atoms. The molecule has 2 nitrogen and oxygen atoms in total. The van der Waals surface area contributed by atoms with Crippen molar-refractivity contribution in [1.82, 2.24) is 5.32 Å². The first-order valence-corrected chi connectivity index (χ1v) is 5.77. The minimum absolute atomic E-state index is 0.0469. The molecule has 16 heavy (non-hydrogen) atoms. The lowest BCUT2D eigenvalue weighted by Gasteiger charge is -2.39. The quantitative estimate of drug-likeness (QED) is 0.832. The first-order valence-electron chi connectivity index (χ1n) is 5.77. The number of halogens is 1. The van der Waals surface area contributed by atoms with Crippen LogP contribution in [0.25, 0.3) is 0 Å². The van der Waals surface area contributed by atoms with E-state index in [2.05, 4.69) is 19.2 Å². The topological polar surface area (TPSA) is 21.3 Å². The highest BCUT2D eigenvalue weighted by Crippen LogP contribution is 2.29. The molecule has 0 amide bonds. The summed E-state index contributed by atoms with van der Waals surface area (Å²) in [6.07, 6.45) is 0.903. The van der Waals surface area contributed by atoms with Crippen LogP contribution >= 0.6 is 0 Å². The van der Waals surface area contributed by atoms with E-state index in [0.29, 0.717) is 0 Å². The maximum Gasteiger partial charge on any atom is 0.123 e. The summed E-state index contributed by atoms with van der Waals surface area (Å²) in [5, 5.41) is 3.35. The first kappa shape index (κ1) is 11.6. The molecule has 0 saturated carbocycles. The van der Waals surface area contributed by atoms with Crippen molar-refractivity contribution in [3.63, 3.8) is 0 Å². The Morgan fingerprint density at radius 1 is 1.56 bits per heavy atom. The molecule has 2 unspecified atom stereocenters. The van der Waals surface area contributed by atoms with E-state index in [-0.39, 0.29) is 17.5 Å². The van der Waals surface area contributed by atoms with Crippen LogP contribution in [0, 0.1) is 5.82 Å². The zero-order valence-electron chi connectivity index (χ0n) is 9.79. The minimum atomic E-state index is -0.204. The Balaban J connectivity index is 2.16. The largest absolute Gasteiger partial charge is 0.365 e. The van der Waals surface area contributed by atoms with Gasteiger partial charge in [-0.1, -0.05) is 19.1 Å². The molecule has 1 aromatic carbocycles. The Bertz CT molecular complexity index is 369. The fourth-order valence-corrected chi connectivity index (χ4v) is 2.00. The first-order chi connectivity index (χ1) is 7.63. The summed E-state index contributed by atoms with van der Waals surface area (Å²) in [7, 11) is 0. The van der Waals surface area contributed by atoms with Crippen LogP contribution < -0.4 is 5.32 Å². The number of ether oxygens (including phenoxy) is 1. The van der Waals surface area contributed by atoms with Gasteiger partial charge in [-0.05, 0) is 31.0 Å². The molecule has 2 atom stereocenters. The van der Waals surface area contributed by atoms with Crippen LogP contribution in [0.5, 0.6) is 0 Å². The molecule has 0 aliphatic carbocycles. The molecule has 1 saturated heterocycles. The number of rotatable bonds is 2. The van der Waals surface area contributed by atoms with Crippen molar-refractivity contribution < 1.29 is 9.13 Å². The van der Waals surface area contributed by atoms with Gasteiger partial charge in [-0.15, -0.1) is 0 Å². The van der Waals surface area contributed by atoms with E-state index < -0.39 is 0 Å². The third-order valence-corrected chi connectivity index (χ3v) is 3.22. The van der Waals surface area contributed by atoms with Crippen LogP contribution in [0.1, 0.15) is 31.9 Å². The van der Waals surface area contributed by atoms with Crippen LogP contribution in [0.2, 0.25) is 0 Å². The van der Waals surface area contributed by atoms with Gasteiger partial charge in [0.2, 0.25) is 0 Å². The Labute approximate surface area is 95.8 Å². The third kappa shape index (κ3) is 2.42. The zero-order chi connectivity index (χ0) is 11.6. The van der Waals surface area contributed by atoms with Crippen LogP contribution in [0.4, 0.5) is 4.39 Å². The standard InChI is InChI=1S/C13H18FNO/c1-3-13(2)9-15-8-12(16-13)10-5-4-6-11(14)7-10/h4-7,12,15H,3,8-9H2,1-2H3. The van der Waals surface area contributed by atoms with E-state index in [4.69, 9.17) is 4.74 Å². The summed E-state index contributed by atoms with van der Waals surface area (Å²) < 4.78 is 19.2. The molecular weight excluding hydrogens is 205 g/mol. The van der Waals surface area contributed by atoms with Gasteiger partial charge < -0.3 is 10.1 Å². The van der Waals surface area contributed by atoms with Crippen molar-refractivity contribution in [1.29, 1.82) is 0 Å². The molecule has 1 aliphatic heterocycles. The van der Waals surface area contributed by atoms with Crippen molar-refractivity contribution in [2.75, 3.05) is 13.1 Å². The molecule has 1 N–H and O–H groups in total. The molecule has 0 aromatic heterocycles. The summed E-state index contributed by atoms with van der Waals surface area (Å²) >= 11 is 0. The molecule has 3 heteroatoms. The van der Waals surface area contributed by atoms with Gasteiger partial charge in [-0.3, -0.25) is 0 Å². The molecule has 2 rings (SSSR count). The molecule has 1 aromatic rings. The van der Waals surface area contributed by atoms with Gasteiger partial charge in [0.05, 0.1) is 11.7 Å². The van der Waals surface area contributed by atoms with Gasteiger partial charge in [0.1, 0.15) is 5.82 Å². The molecule has 88 valence electrons. The lowest BCUT2D eigenvalue weighted by Crippen LogP contribution is -2.48. The number of hydrogen-bond acceptors (Lipinski definition) is 2. The second-order valence-corrected chi connectivity index (χ2v) is 4.60. The predicted octanol–water partition coefficient (Wildman–Crippen LogP) is 2.66. The Hall–Kier alpha value is -0.930. The van der Waals surface area contributed by atoms with Crippen molar-refractivity contribution in [2.24, 2.45) is 0 Å². The molecule has 0 radical (unpaired) electrons. The van der Waals surface area contributed by atoms with Gasteiger partial charge in [0, 0.05) is 13.1 Å². The molecule has 1 aliphatic rings. The number of morpholine rings is 1. The van der Waals surface area contributed by atoms with Crippen LogP contribution in [0.15, 0.2) is 24.3 Å². The molecule has 1 heterocycles. The average Bonchev–Trinajstić information content (AvgIpc) is 2.29. The van der Waals surface area contributed by atoms with E-state index >= 15 is 0 Å². The van der Waals surface area contributed by atoms with Gasteiger partial charge in [0.25, 0.3) is 0 Å². The average molecular weight is 223 g/mol. The van der Waals surface area contributed by atoms with E-state index in [9.17, 15) is 4.39 Å². The number of benzene rings is 1. The van der Waals surface area contributed by atoms with Gasteiger partial charge in [-0.25, -0.2) is 4.39 Å². The highest BCUT2D eigenvalue weighted by Gasteiger charge is 2.31. The maximum absolute atomic E-state index is 13.1. The number of nitrogens with one attached hydrogen (secondary N) is 1. The SMILES string of the molecule is CCC1(C)CNCC(c2cccc(F)c2)O1. The highest BCUT2D eigenvalue weighted by atomic mass is 19.1. The lowest BCUT2D eigenvalue weighted by molar-refractivity contribution is -0.109. The second kappa shape index (κ2) is 4.52. The third-order valence-electron chi connectivity index (χ3n) is 3.22. The summed E-state index contributed by atoms with van der Waals surface area (Å²) in [6.45, 7) is 5.80. The zero-order valence-corrected chi connectivity index (χ0v) is 9.79. The summed E-state index contributed by atoms with van der Waals surface area (Å²) in [6, 6.07) is 6.65. The smallest absolute Gasteiger partial charge is 0.123 e. The second-order valence-electron chi connectivity index (χ2n) is 4.60. The minimum Gasteiger partial charge on any atom is -0.365 e. The molecular formula is C13H18FNO. The monoisotopic (exact) mass is 223 g/mol. The van der Waals surface area contributed by atoms with Gasteiger partial charge in [0.15, 0.2) is 0 Å². The van der Waals surface area contributed by atoms with Crippen molar-refractivity contribution >= 4 is 0 Å². The Morgan fingerprint density at radius 2 is 2.38 bits per heavy atom. The van der Waals surface area contributed by atoms with Crippen molar-refractivity contribution in [2.45, 2.75) is 32.0 Å². The van der Waals surface area contributed by atoms with Gasteiger partial charge in [-0.2, -0.15) is 0 Å². The van der Waals surface area contributed by atoms with Gasteiger partial charge >= 0.3 is 0 Å². The van der Waals surface area contributed by atoms with Crippen molar-refractivity contribution in [3.8, 4) is 0 Å². The van der Waals surface area contributed by atoms with Crippen LogP contribution in [-0.2, 0) is 4.74 Å². The van der Waals surface area contributed by atoms with Crippen LogP contribution in [0.3, 0.4) is 0 Å². The predicted molar refractivity (Wildman–Crippen MR) is 61.8 cm³/mol. The highest BCUT2D eigenvalue weighted by molar-refractivity contribution is 5.20. The van der Waals surface area contributed by atoms with Crippen LogP contribution in [-0.4, -0.2) is 18.7 Å². The fraction of sp³-hybridized carbons (Fsp3) is 0.538. The Kier molecular flexibility index (Phi) is 3.26. The summed E-state index contributed by atoms with van der Waals surface area (Å²) in [5.41, 5.74) is 0.766. The summed E-state index contributed by atoms with van der Waals surface area (Å²) in [5.74, 6) is -0.204.